The van der Waals surface area contributed by atoms with Crippen LogP contribution in [0.5, 0.6) is 0 Å². The molecule has 0 atom stereocenters. The Balaban J connectivity index is 3.17. The van der Waals surface area contributed by atoms with Crippen LogP contribution in [0.3, 0.4) is 0 Å². The number of nitriles is 1. The first-order chi connectivity index (χ1) is 4.31. The van der Waals surface area contributed by atoms with Crippen LogP contribution in [0.4, 0.5) is 0 Å². The van der Waals surface area contributed by atoms with E-state index in [0.717, 1.165) is 13.1 Å². The molecule has 0 saturated carbocycles. The Morgan fingerprint density at radius 1 is 1.78 bits per heavy atom. The minimum atomic E-state index is 0.602. The molecule has 0 aromatic rings. The second-order valence-corrected chi connectivity index (χ2v) is 1.96. The molecule has 0 aromatic carbocycles. The molecule has 0 unspecified atom stereocenters. The Labute approximate surface area is 56.4 Å². The van der Waals surface area contributed by atoms with Crippen molar-refractivity contribution in [2.45, 2.75) is 6.42 Å². The molecule has 50 valence electrons. The zero-order chi connectivity index (χ0) is 7.11. The van der Waals surface area contributed by atoms with Crippen LogP contribution in [0.1, 0.15) is 6.42 Å². The quantitative estimate of drug-likeness (QED) is 0.523. The van der Waals surface area contributed by atoms with E-state index in [2.05, 4.69) is 17.5 Å². The van der Waals surface area contributed by atoms with E-state index in [0.29, 0.717) is 6.42 Å². The van der Waals surface area contributed by atoms with Crippen molar-refractivity contribution in [3.63, 3.8) is 0 Å². The summed E-state index contributed by atoms with van der Waals surface area (Å²) in [6.45, 7) is 5.28. The van der Waals surface area contributed by atoms with Crippen molar-refractivity contribution in [2.24, 2.45) is 0 Å². The first-order valence-corrected chi connectivity index (χ1v) is 2.97. The molecule has 0 aliphatic heterocycles. The Morgan fingerprint density at radius 3 is 2.89 bits per heavy atom. The van der Waals surface area contributed by atoms with Gasteiger partial charge in [0.25, 0.3) is 0 Å². The summed E-state index contributed by atoms with van der Waals surface area (Å²) in [5, 5.41) is 8.18. The van der Waals surface area contributed by atoms with Crippen LogP contribution in [0.25, 0.3) is 0 Å². The molecule has 0 radical (unpaired) electrons. The lowest BCUT2D eigenvalue weighted by molar-refractivity contribution is 0.380. The van der Waals surface area contributed by atoms with Crippen LogP contribution in [0.2, 0.25) is 0 Å². The number of rotatable bonds is 4. The molecule has 2 nitrogen and oxygen atoms in total. The van der Waals surface area contributed by atoms with Crippen molar-refractivity contribution >= 4 is 0 Å². The molecule has 0 amide bonds. The topological polar surface area (TPSA) is 27.0 Å². The van der Waals surface area contributed by atoms with Gasteiger partial charge in [0.2, 0.25) is 0 Å². The molecule has 0 bridgehead atoms. The summed E-state index contributed by atoms with van der Waals surface area (Å²) in [5.74, 6) is 0. The first kappa shape index (κ1) is 8.19. The van der Waals surface area contributed by atoms with Crippen molar-refractivity contribution in [1.29, 1.82) is 5.26 Å². The molecule has 0 saturated heterocycles. The zero-order valence-electron chi connectivity index (χ0n) is 5.80. The summed E-state index contributed by atoms with van der Waals surface area (Å²) in [6.07, 6.45) is 2.43. The van der Waals surface area contributed by atoms with Gasteiger partial charge in [-0.05, 0) is 7.05 Å². The minimum Gasteiger partial charge on any atom is -0.302 e. The van der Waals surface area contributed by atoms with Gasteiger partial charge in [0.1, 0.15) is 0 Å². The summed E-state index contributed by atoms with van der Waals surface area (Å²) < 4.78 is 0. The first-order valence-electron chi connectivity index (χ1n) is 2.97. The normalized spacial score (nSPS) is 9.00. The van der Waals surface area contributed by atoms with Crippen LogP contribution < -0.4 is 0 Å². The predicted molar refractivity (Wildman–Crippen MR) is 37.9 cm³/mol. The number of hydrogen-bond donors (Lipinski definition) is 0. The molecule has 0 aliphatic rings. The number of likely N-dealkylation sites (N-methyl/N-ethyl adjacent to an activating group) is 1. The molecule has 0 heterocycles. The van der Waals surface area contributed by atoms with Gasteiger partial charge >= 0.3 is 0 Å². The third-order valence-electron chi connectivity index (χ3n) is 1.05. The van der Waals surface area contributed by atoms with Gasteiger partial charge in [0.05, 0.1) is 6.07 Å². The van der Waals surface area contributed by atoms with E-state index in [9.17, 15) is 0 Å². The van der Waals surface area contributed by atoms with Crippen LogP contribution in [0.15, 0.2) is 12.7 Å². The van der Waals surface area contributed by atoms with Gasteiger partial charge in [-0.2, -0.15) is 5.26 Å². The zero-order valence-corrected chi connectivity index (χ0v) is 5.80. The molecule has 2 heteroatoms. The molecule has 0 fully saturated rings. The fraction of sp³-hybridized carbons (Fsp3) is 0.571. The minimum absolute atomic E-state index is 0.602. The molecule has 9 heavy (non-hydrogen) atoms. The Hall–Kier alpha value is -0.810. The fourth-order valence-corrected chi connectivity index (χ4v) is 0.553. The Kier molecular flexibility index (Phi) is 4.85. The smallest absolute Gasteiger partial charge is 0.0635 e. The summed E-state index contributed by atoms with van der Waals surface area (Å²) in [7, 11) is 1.97. The van der Waals surface area contributed by atoms with Crippen LogP contribution >= 0.6 is 0 Å². The molecule has 0 aliphatic carbocycles. The van der Waals surface area contributed by atoms with E-state index in [-0.39, 0.29) is 0 Å². The standard InChI is InChI=1S/C7H12N2/c1-3-6-9(2)7-4-5-8/h3H,1,4,6-7H2,2H3. The maximum atomic E-state index is 8.18. The summed E-state index contributed by atoms with van der Waals surface area (Å²) in [5.41, 5.74) is 0. The van der Waals surface area contributed by atoms with E-state index in [1.54, 1.807) is 0 Å². The van der Waals surface area contributed by atoms with Crippen molar-refractivity contribution < 1.29 is 0 Å². The molecule has 0 N–H and O–H groups in total. The van der Waals surface area contributed by atoms with Crippen molar-refractivity contribution in [2.75, 3.05) is 20.1 Å². The maximum absolute atomic E-state index is 8.18. The van der Waals surface area contributed by atoms with Gasteiger partial charge in [0, 0.05) is 19.5 Å². The van der Waals surface area contributed by atoms with E-state index >= 15 is 0 Å². The SMILES string of the molecule is C=CCN(C)CCC#N. The molecular formula is C7H12N2. The lowest BCUT2D eigenvalue weighted by Gasteiger charge is -2.10. The van der Waals surface area contributed by atoms with Gasteiger partial charge in [-0.3, -0.25) is 0 Å². The van der Waals surface area contributed by atoms with Gasteiger partial charge in [-0.1, -0.05) is 6.08 Å². The molecule has 0 rings (SSSR count). The highest BCUT2D eigenvalue weighted by Crippen LogP contribution is 1.84. The van der Waals surface area contributed by atoms with Crippen LogP contribution in [-0.2, 0) is 0 Å². The predicted octanol–water partition coefficient (Wildman–Crippen LogP) is 1.02. The highest BCUT2D eigenvalue weighted by molar-refractivity contribution is 4.75. The van der Waals surface area contributed by atoms with Crippen molar-refractivity contribution in [3.8, 4) is 6.07 Å². The number of hydrogen-bond acceptors (Lipinski definition) is 2. The van der Waals surface area contributed by atoms with Crippen LogP contribution in [-0.4, -0.2) is 25.0 Å². The highest BCUT2D eigenvalue weighted by atomic mass is 15.1. The van der Waals surface area contributed by atoms with Crippen LogP contribution in [0, 0.1) is 11.3 Å². The summed E-state index contributed by atoms with van der Waals surface area (Å²) in [4.78, 5) is 2.05. The van der Waals surface area contributed by atoms with E-state index < -0.39 is 0 Å². The Morgan fingerprint density at radius 2 is 2.44 bits per heavy atom. The second kappa shape index (κ2) is 5.33. The highest BCUT2D eigenvalue weighted by Gasteiger charge is 1.90. The average Bonchev–Trinajstić information content (AvgIpc) is 1.85. The van der Waals surface area contributed by atoms with E-state index in [4.69, 9.17) is 5.26 Å². The Bertz CT molecular complexity index is 113. The lowest BCUT2D eigenvalue weighted by atomic mass is 10.4. The summed E-state index contributed by atoms with van der Waals surface area (Å²) in [6, 6.07) is 2.08. The largest absolute Gasteiger partial charge is 0.302 e. The maximum Gasteiger partial charge on any atom is 0.0635 e. The molecule has 0 spiro atoms. The van der Waals surface area contributed by atoms with E-state index in [1.807, 2.05) is 13.1 Å². The van der Waals surface area contributed by atoms with Crippen molar-refractivity contribution in [1.82, 2.24) is 4.90 Å². The van der Waals surface area contributed by atoms with Crippen molar-refractivity contribution in [3.05, 3.63) is 12.7 Å². The third kappa shape index (κ3) is 5.05. The molecular weight excluding hydrogens is 112 g/mol. The van der Waals surface area contributed by atoms with E-state index in [1.165, 1.54) is 0 Å². The molecule has 0 aromatic heterocycles. The van der Waals surface area contributed by atoms with Gasteiger partial charge < -0.3 is 4.90 Å². The average molecular weight is 124 g/mol. The second-order valence-electron chi connectivity index (χ2n) is 1.96. The fourth-order valence-electron chi connectivity index (χ4n) is 0.553. The summed E-state index contributed by atoms with van der Waals surface area (Å²) >= 11 is 0. The van der Waals surface area contributed by atoms with Gasteiger partial charge in [-0.25, -0.2) is 0 Å². The number of nitrogens with zero attached hydrogens (tertiary/aromatic N) is 2. The van der Waals surface area contributed by atoms with Gasteiger partial charge in [0.15, 0.2) is 0 Å². The monoisotopic (exact) mass is 124 g/mol. The third-order valence-corrected chi connectivity index (χ3v) is 1.05. The van der Waals surface area contributed by atoms with Gasteiger partial charge in [-0.15, -0.1) is 6.58 Å². The lowest BCUT2D eigenvalue weighted by Crippen LogP contribution is -2.18.